The van der Waals surface area contributed by atoms with Crippen LogP contribution in [0, 0.1) is 0 Å². The van der Waals surface area contributed by atoms with Gasteiger partial charge in [-0.1, -0.05) is 19.1 Å². The summed E-state index contributed by atoms with van der Waals surface area (Å²) in [6.45, 7) is 2.34. The SMILES string of the molecule is CC(CN)c1nc(-c2ccc(C(=O)Nc3cc(C(F)(F)F)ccn3)cc2)c2c(N)nccn12. The van der Waals surface area contributed by atoms with Gasteiger partial charge in [-0.2, -0.15) is 13.2 Å². The van der Waals surface area contributed by atoms with Gasteiger partial charge in [0.15, 0.2) is 0 Å². The summed E-state index contributed by atoms with van der Waals surface area (Å²) in [5, 5.41) is 2.38. The van der Waals surface area contributed by atoms with Crippen molar-refractivity contribution in [2.75, 3.05) is 17.6 Å². The van der Waals surface area contributed by atoms with Crippen molar-refractivity contribution >= 4 is 23.1 Å². The van der Waals surface area contributed by atoms with Crippen LogP contribution in [0.5, 0.6) is 0 Å². The molecule has 0 bridgehead atoms. The van der Waals surface area contributed by atoms with Crippen LogP contribution in [0.3, 0.4) is 0 Å². The average Bonchev–Trinajstić information content (AvgIpc) is 3.19. The Morgan fingerprint density at radius 2 is 1.88 bits per heavy atom. The number of nitrogens with zero attached hydrogens (tertiary/aromatic N) is 4. The lowest BCUT2D eigenvalue weighted by atomic mass is 10.1. The first-order valence-corrected chi connectivity index (χ1v) is 9.96. The highest BCUT2D eigenvalue weighted by atomic mass is 19.4. The topological polar surface area (TPSA) is 124 Å². The van der Waals surface area contributed by atoms with Gasteiger partial charge in [-0.05, 0) is 24.3 Å². The molecule has 1 amide bonds. The summed E-state index contributed by atoms with van der Waals surface area (Å²) >= 11 is 0. The van der Waals surface area contributed by atoms with E-state index in [2.05, 4.69) is 15.3 Å². The summed E-state index contributed by atoms with van der Waals surface area (Å²) in [6.07, 6.45) is -0.207. The van der Waals surface area contributed by atoms with E-state index in [1.807, 2.05) is 11.3 Å². The first-order chi connectivity index (χ1) is 15.7. The number of rotatable bonds is 5. The standard InChI is InChI=1S/C22H20F3N7O/c1-12(11-26)20-31-17(18-19(27)29-8-9-32(18)20)13-2-4-14(5-3-13)21(33)30-16-10-15(6-7-28-16)22(23,24)25/h2-10,12H,11,26H2,1H3,(H2,27,29)(H,28,30,33). The van der Waals surface area contributed by atoms with E-state index < -0.39 is 17.6 Å². The summed E-state index contributed by atoms with van der Waals surface area (Å²) in [5.74, 6) is 0.208. The average molecular weight is 455 g/mol. The van der Waals surface area contributed by atoms with Gasteiger partial charge in [-0.25, -0.2) is 15.0 Å². The second kappa shape index (κ2) is 8.51. The lowest BCUT2D eigenvalue weighted by Gasteiger charge is -2.09. The van der Waals surface area contributed by atoms with E-state index in [-0.39, 0.29) is 17.3 Å². The maximum Gasteiger partial charge on any atom is 0.416 e. The normalized spacial score (nSPS) is 12.6. The Kier molecular flexibility index (Phi) is 5.73. The zero-order valence-electron chi connectivity index (χ0n) is 17.5. The second-order valence-electron chi connectivity index (χ2n) is 7.45. The number of nitrogens with two attached hydrogens (primary N) is 2. The number of amides is 1. The number of fused-ring (bicyclic) bond motifs is 1. The fourth-order valence-electron chi connectivity index (χ4n) is 3.38. The third kappa shape index (κ3) is 4.35. The lowest BCUT2D eigenvalue weighted by Crippen LogP contribution is -2.14. The molecule has 0 aliphatic rings. The predicted molar refractivity (Wildman–Crippen MR) is 117 cm³/mol. The second-order valence-corrected chi connectivity index (χ2v) is 7.45. The molecule has 3 aromatic heterocycles. The third-order valence-electron chi connectivity index (χ3n) is 5.15. The third-order valence-corrected chi connectivity index (χ3v) is 5.15. The lowest BCUT2D eigenvalue weighted by molar-refractivity contribution is -0.137. The van der Waals surface area contributed by atoms with Gasteiger partial charge in [0.25, 0.3) is 5.91 Å². The Balaban J connectivity index is 1.63. The minimum absolute atomic E-state index is 0.0296. The monoisotopic (exact) mass is 455 g/mol. The van der Waals surface area contributed by atoms with Crippen LogP contribution in [0.1, 0.15) is 34.6 Å². The minimum atomic E-state index is -4.53. The molecule has 0 saturated heterocycles. The molecule has 170 valence electrons. The van der Waals surface area contributed by atoms with Crippen molar-refractivity contribution in [2.45, 2.75) is 19.0 Å². The van der Waals surface area contributed by atoms with Gasteiger partial charge in [-0.15, -0.1) is 0 Å². The highest BCUT2D eigenvalue weighted by molar-refractivity contribution is 6.04. The number of pyridine rings is 1. The molecular weight excluding hydrogens is 435 g/mol. The van der Waals surface area contributed by atoms with Crippen LogP contribution in [0.2, 0.25) is 0 Å². The molecule has 0 aliphatic carbocycles. The number of halogens is 3. The van der Waals surface area contributed by atoms with Crippen LogP contribution in [-0.2, 0) is 6.18 Å². The molecule has 4 aromatic rings. The molecule has 0 fully saturated rings. The van der Waals surface area contributed by atoms with Gasteiger partial charge < -0.3 is 16.8 Å². The van der Waals surface area contributed by atoms with Gasteiger partial charge in [0, 0.05) is 42.2 Å². The summed E-state index contributed by atoms with van der Waals surface area (Å²) in [7, 11) is 0. The van der Waals surface area contributed by atoms with Gasteiger partial charge in [-0.3, -0.25) is 9.20 Å². The van der Waals surface area contributed by atoms with Gasteiger partial charge in [0.1, 0.15) is 28.7 Å². The molecule has 3 heterocycles. The first-order valence-electron chi connectivity index (χ1n) is 9.96. The van der Waals surface area contributed by atoms with Gasteiger partial charge in [0.05, 0.1) is 5.56 Å². The predicted octanol–water partition coefficient (Wildman–Crippen LogP) is 3.71. The maximum atomic E-state index is 12.9. The summed E-state index contributed by atoms with van der Waals surface area (Å²) < 4.78 is 40.5. The molecule has 11 heteroatoms. The molecule has 5 N–H and O–H groups in total. The summed E-state index contributed by atoms with van der Waals surface area (Å²) in [6, 6.07) is 8.06. The zero-order chi connectivity index (χ0) is 23.8. The van der Waals surface area contributed by atoms with E-state index >= 15 is 0 Å². The Morgan fingerprint density at radius 3 is 2.55 bits per heavy atom. The highest BCUT2D eigenvalue weighted by Gasteiger charge is 2.31. The molecule has 8 nitrogen and oxygen atoms in total. The van der Waals surface area contributed by atoms with Crippen molar-refractivity contribution in [3.63, 3.8) is 0 Å². The molecule has 0 radical (unpaired) electrons. The number of carbonyl (C=O) groups is 1. The Bertz CT molecular complexity index is 1320. The van der Waals surface area contributed by atoms with Gasteiger partial charge >= 0.3 is 6.18 Å². The summed E-state index contributed by atoms with van der Waals surface area (Å²) in [5.41, 5.74) is 13.2. The van der Waals surface area contributed by atoms with E-state index in [1.54, 1.807) is 36.7 Å². The quantitative estimate of drug-likeness (QED) is 0.421. The Hall–Kier alpha value is -3.99. The highest BCUT2D eigenvalue weighted by Crippen LogP contribution is 2.31. The van der Waals surface area contributed by atoms with Crippen LogP contribution in [0.15, 0.2) is 55.0 Å². The zero-order valence-corrected chi connectivity index (χ0v) is 17.5. The van der Waals surface area contributed by atoms with Crippen LogP contribution < -0.4 is 16.8 Å². The number of hydrogen-bond acceptors (Lipinski definition) is 6. The number of nitrogens with one attached hydrogen (secondary N) is 1. The van der Waals surface area contributed by atoms with Crippen molar-refractivity contribution in [2.24, 2.45) is 5.73 Å². The summed E-state index contributed by atoms with van der Waals surface area (Å²) in [4.78, 5) is 25.2. The number of alkyl halides is 3. The molecule has 33 heavy (non-hydrogen) atoms. The molecule has 0 spiro atoms. The Labute approximate surface area is 186 Å². The molecule has 4 rings (SSSR count). The van der Waals surface area contributed by atoms with E-state index in [0.29, 0.717) is 29.1 Å². The Morgan fingerprint density at radius 1 is 1.15 bits per heavy atom. The molecular formula is C22H20F3N7O. The molecule has 1 aromatic carbocycles. The minimum Gasteiger partial charge on any atom is -0.382 e. The van der Waals surface area contributed by atoms with Crippen molar-refractivity contribution in [1.82, 2.24) is 19.4 Å². The largest absolute Gasteiger partial charge is 0.416 e. The van der Waals surface area contributed by atoms with Gasteiger partial charge in [0.2, 0.25) is 0 Å². The van der Waals surface area contributed by atoms with Crippen LogP contribution in [0.25, 0.3) is 16.8 Å². The van der Waals surface area contributed by atoms with E-state index in [0.717, 1.165) is 24.2 Å². The van der Waals surface area contributed by atoms with Crippen molar-refractivity contribution in [3.05, 3.63) is 71.9 Å². The number of imidazole rings is 1. The number of benzene rings is 1. The molecule has 0 saturated carbocycles. The van der Waals surface area contributed by atoms with Crippen molar-refractivity contribution in [1.29, 1.82) is 0 Å². The van der Waals surface area contributed by atoms with Crippen LogP contribution >= 0.6 is 0 Å². The smallest absolute Gasteiger partial charge is 0.382 e. The number of carbonyl (C=O) groups excluding carboxylic acids is 1. The molecule has 1 atom stereocenters. The van der Waals surface area contributed by atoms with Crippen molar-refractivity contribution in [3.8, 4) is 11.3 Å². The number of anilines is 2. The van der Waals surface area contributed by atoms with Crippen LogP contribution in [0.4, 0.5) is 24.8 Å². The fourth-order valence-corrected chi connectivity index (χ4v) is 3.38. The number of hydrogen-bond donors (Lipinski definition) is 3. The molecule has 0 aliphatic heterocycles. The fraction of sp³-hybridized carbons (Fsp3) is 0.182. The van der Waals surface area contributed by atoms with E-state index in [9.17, 15) is 18.0 Å². The number of aromatic nitrogens is 4. The van der Waals surface area contributed by atoms with E-state index in [4.69, 9.17) is 16.5 Å². The molecule has 1 unspecified atom stereocenters. The van der Waals surface area contributed by atoms with Crippen molar-refractivity contribution < 1.29 is 18.0 Å². The van der Waals surface area contributed by atoms with Crippen LogP contribution in [-0.4, -0.2) is 31.8 Å². The van der Waals surface area contributed by atoms with E-state index in [1.165, 1.54) is 0 Å². The number of nitrogen functional groups attached to an aromatic ring is 1. The maximum absolute atomic E-state index is 12.9. The first kappa shape index (κ1) is 22.2.